The third-order valence-electron chi connectivity index (χ3n) is 5.85. The second kappa shape index (κ2) is 13.4. The van der Waals surface area contributed by atoms with Crippen LogP contribution in [0, 0.1) is 5.92 Å². The number of rotatable bonds is 13. The highest BCUT2D eigenvalue weighted by Crippen LogP contribution is 2.25. The monoisotopic (exact) mass is 451 g/mol. The zero-order chi connectivity index (χ0) is 23.5. The van der Waals surface area contributed by atoms with E-state index < -0.39 is 30.3 Å². The maximum atomic E-state index is 13.1. The molecule has 0 saturated carbocycles. The molecule has 0 aromatic heterocycles. The lowest BCUT2D eigenvalue weighted by atomic mass is 10.0. The summed E-state index contributed by atoms with van der Waals surface area (Å²) in [5.41, 5.74) is 0. The number of carbonyl (C=O) groups excluding carboxylic acids is 3. The molecule has 1 fully saturated rings. The largest absolute Gasteiger partial charge is 0.479 e. The Morgan fingerprint density at radius 2 is 1.81 bits per heavy atom. The van der Waals surface area contributed by atoms with Gasteiger partial charge >= 0.3 is 6.09 Å². The molecular weight excluding hydrogens is 414 g/mol. The molecule has 2 aliphatic heterocycles. The van der Waals surface area contributed by atoms with Crippen molar-refractivity contribution in [3.8, 4) is 0 Å². The third-order valence-corrected chi connectivity index (χ3v) is 5.85. The fraction of sp³-hybridized carbons (Fsp3) is 0.708. The first-order valence-corrected chi connectivity index (χ1v) is 11.6. The van der Waals surface area contributed by atoms with Gasteiger partial charge in [-0.05, 0) is 43.4 Å². The number of aliphatic hydroxyl groups is 1. The molecule has 0 aliphatic carbocycles. The Balaban J connectivity index is 1.91. The van der Waals surface area contributed by atoms with Crippen molar-refractivity contribution in [2.45, 2.75) is 83.5 Å². The average molecular weight is 452 g/mol. The van der Waals surface area contributed by atoms with Crippen molar-refractivity contribution in [1.82, 2.24) is 4.90 Å². The van der Waals surface area contributed by atoms with E-state index in [-0.39, 0.29) is 24.9 Å². The van der Waals surface area contributed by atoms with Gasteiger partial charge in [-0.2, -0.15) is 0 Å². The number of hydrogen-bond donors (Lipinski definition) is 1. The summed E-state index contributed by atoms with van der Waals surface area (Å²) in [5, 5.41) is 8.78. The van der Waals surface area contributed by atoms with Gasteiger partial charge in [-0.25, -0.2) is 9.69 Å². The van der Waals surface area contributed by atoms with Crippen molar-refractivity contribution < 1.29 is 33.7 Å². The maximum Gasteiger partial charge on any atom is 0.417 e. The fourth-order valence-electron chi connectivity index (χ4n) is 3.89. The highest BCUT2D eigenvalue weighted by Gasteiger charge is 2.47. The Bertz CT molecular complexity index is 700. The molecule has 0 unspecified atom stereocenters. The quantitative estimate of drug-likeness (QED) is 0.427. The first-order valence-electron chi connectivity index (χ1n) is 11.6. The highest BCUT2D eigenvalue weighted by molar-refractivity contribution is 6.03. The lowest BCUT2D eigenvalue weighted by molar-refractivity contribution is -0.154. The normalized spacial score (nSPS) is 23.0. The predicted molar refractivity (Wildman–Crippen MR) is 119 cm³/mol. The van der Waals surface area contributed by atoms with Gasteiger partial charge in [0.15, 0.2) is 18.0 Å². The summed E-state index contributed by atoms with van der Waals surface area (Å²) in [7, 11) is 1.33. The van der Waals surface area contributed by atoms with E-state index in [2.05, 4.69) is 0 Å². The number of ketones is 1. The van der Waals surface area contributed by atoms with Gasteiger partial charge in [-0.3, -0.25) is 9.59 Å². The number of aliphatic hydroxyl groups excluding tert-OH is 1. The van der Waals surface area contributed by atoms with E-state index in [4.69, 9.17) is 19.3 Å². The van der Waals surface area contributed by atoms with Gasteiger partial charge in [0.05, 0.1) is 6.04 Å². The van der Waals surface area contributed by atoms with Crippen LogP contribution in [0.25, 0.3) is 0 Å². The fourth-order valence-corrected chi connectivity index (χ4v) is 3.89. The summed E-state index contributed by atoms with van der Waals surface area (Å²) in [6, 6.07) is -0.402. The number of allylic oxidation sites excluding steroid dienone is 2. The van der Waals surface area contributed by atoms with Gasteiger partial charge in [0.1, 0.15) is 12.4 Å². The summed E-state index contributed by atoms with van der Waals surface area (Å²) in [6.45, 7) is 4.19. The van der Waals surface area contributed by atoms with Crippen LogP contribution in [0.2, 0.25) is 0 Å². The van der Waals surface area contributed by atoms with Crippen molar-refractivity contribution >= 4 is 17.8 Å². The number of amides is 2. The Kier molecular flexibility index (Phi) is 10.9. The number of imide groups is 1. The van der Waals surface area contributed by atoms with Crippen molar-refractivity contribution in [1.29, 1.82) is 0 Å². The Morgan fingerprint density at radius 1 is 1.16 bits per heavy atom. The first-order chi connectivity index (χ1) is 15.4. The topological polar surface area (TPSA) is 102 Å². The second-order valence-corrected chi connectivity index (χ2v) is 8.62. The summed E-state index contributed by atoms with van der Waals surface area (Å²) < 4.78 is 16.2. The predicted octanol–water partition coefficient (Wildman–Crippen LogP) is 3.53. The maximum absolute atomic E-state index is 13.1. The zero-order valence-corrected chi connectivity index (χ0v) is 19.5. The summed E-state index contributed by atoms with van der Waals surface area (Å²) in [4.78, 5) is 38.7. The molecule has 2 amide bonds. The second-order valence-electron chi connectivity index (χ2n) is 8.62. The molecule has 0 spiro atoms. The molecule has 2 heterocycles. The number of hydrogen-bond acceptors (Lipinski definition) is 7. The number of nitrogens with zero attached hydrogens (tertiary/aromatic N) is 1. The number of cyclic esters (lactones) is 1. The number of unbranched alkanes of at least 4 members (excludes halogenated alkanes) is 7. The van der Waals surface area contributed by atoms with Crippen LogP contribution in [0.1, 0.15) is 65.2 Å². The third kappa shape index (κ3) is 7.17. The summed E-state index contributed by atoms with van der Waals surface area (Å²) in [6.07, 6.45) is 10.1. The first kappa shape index (κ1) is 26.1. The lowest BCUT2D eigenvalue weighted by Crippen LogP contribution is -2.53. The summed E-state index contributed by atoms with van der Waals surface area (Å²) >= 11 is 0. The van der Waals surface area contributed by atoms with Gasteiger partial charge in [0, 0.05) is 13.7 Å². The van der Waals surface area contributed by atoms with E-state index in [1.807, 2.05) is 19.9 Å². The zero-order valence-electron chi connectivity index (χ0n) is 19.5. The van der Waals surface area contributed by atoms with E-state index in [9.17, 15) is 14.4 Å². The molecule has 2 aliphatic rings. The minimum absolute atomic E-state index is 0.0101. The molecule has 32 heavy (non-hydrogen) atoms. The number of ether oxygens (including phenoxy) is 3. The van der Waals surface area contributed by atoms with Crippen molar-refractivity contribution in [2.75, 3.05) is 20.3 Å². The van der Waals surface area contributed by atoms with Gasteiger partial charge < -0.3 is 19.3 Å². The number of methoxy groups -OCH3 is 1. The molecule has 8 heteroatoms. The van der Waals surface area contributed by atoms with Crippen LogP contribution >= 0.6 is 0 Å². The van der Waals surface area contributed by atoms with Crippen molar-refractivity contribution in [2.24, 2.45) is 5.92 Å². The van der Waals surface area contributed by atoms with Gasteiger partial charge in [-0.1, -0.05) is 46.0 Å². The van der Waals surface area contributed by atoms with Crippen LogP contribution < -0.4 is 0 Å². The molecule has 8 nitrogen and oxygen atoms in total. The van der Waals surface area contributed by atoms with Crippen LogP contribution in [-0.4, -0.2) is 66.4 Å². The van der Waals surface area contributed by atoms with Crippen molar-refractivity contribution in [3.63, 3.8) is 0 Å². The standard InChI is InChI=1S/C24H37NO7/c1-17(2)19-16-31-24(29)25(19)23(28)22(30-3)21-20(27)14-13-18(32-21)12-10-8-6-4-5-7-9-11-15-26/h12-14,17,19,21-22,26H,4-11,15-16H2,1-3H3/t19-,21-,22+/m0/s1. The highest BCUT2D eigenvalue weighted by atomic mass is 16.6. The van der Waals surface area contributed by atoms with Gasteiger partial charge in [0.2, 0.25) is 0 Å². The lowest BCUT2D eigenvalue weighted by Gasteiger charge is -2.31. The Morgan fingerprint density at radius 3 is 2.44 bits per heavy atom. The molecule has 2 rings (SSSR count). The van der Waals surface area contributed by atoms with Crippen LogP contribution in [0.4, 0.5) is 4.79 Å². The Hall–Kier alpha value is -2.19. The Labute approximate surface area is 190 Å². The van der Waals surface area contributed by atoms with Crippen LogP contribution in [0.15, 0.2) is 24.0 Å². The van der Waals surface area contributed by atoms with Crippen molar-refractivity contribution in [3.05, 3.63) is 24.0 Å². The smallest absolute Gasteiger partial charge is 0.417 e. The molecule has 0 aromatic carbocycles. The van der Waals surface area contributed by atoms with E-state index >= 15 is 0 Å². The summed E-state index contributed by atoms with van der Waals surface area (Å²) in [5.74, 6) is -0.463. The van der Waals surface area contributed by atoms with E-state index in [1.165, 1.54) is 13.2 Å². The van der Waals surface area contributed by atoms with E-state index in [1.54, 1.807) is 6.08 Å². The van der Waals surface area contributed by atoms with E-state index in [0.29, 0.717) is 5.76 Å². The number of carbonyl (C=O) groups is 3. The molecule has 1 N–H and O–H groups in total. The minimum Gasteiger partial charge on any atom is -0.479 e. The van der Waals surface area contributed by atoms with Crippen LogP contribution in [0.5, 0.6) is 0 Å². The molecular formula is C24H37NO7. The molecule has 0 aromatic rings. The van der Waals surface area contributed by atoms with E-state index in [0.717, 1.165) is 56.3 Å². The molecule has 0 bridgehead atoms. The average Bonchev–Trinajstić information content (AvgIpc) is 3.16. The van der Waals surface area contributed by atoms with Crippen LogP contribution in [-0.2, 0) is 23.8 Å². The SMILES string of the molecule is CO[C@@H](C(=O)N1C(=O)OC[C@H]1C(C)C)[C@H]1OC(=CCCCCCCCCCO)C=CC1=O. The molecule has 1 saturated heterocycles. The minimum atomic E-state index is -1.23. The van der Waals surface area contributed by atoms with Gasteiger partial charge in [-0.15, -0.1) is 0 Å². The van der Waals surface area contributed by atoms with Crippen LogP contribution in [0.3, 0.4) is 0 Å². The molecule has 0 radical (unpaired) electrons. The molecule has 3 atom stereocenters. The molecule has 180 valence electrons. The van der Waals surface area contributed by atoms with Gasteiger partial charge in [0.25, 0.3) is 5.91 Å².